The van der Waals surface area contributed by atoms with Crippen molar-refractivity contribution in [3.05, 3.63) is 89.6 Å². The molecule has 0 spiro atoms. The maximum Gasteiger partial charge on any atom is 0.417 e. The molecular weight excluding hydrogens is 523 g/mol. The number of amides is 1. The van der Waals surface area contributed by atoms with Gasteiger partial charge in [0.2, 0.25) is 5.82 Å². The standard InChI is InChI=1S/C29H28F3N5O3/c30-29(31,32)24-7-6-22(40-15-11-19-9-13-39-14-10-19)18-23(24)21-8-12-33-25(17-21)35-28(38)27-34-26(36-37-27)16-20-4-2-1-3-5-20/h1-8,12,17-19H,9-11,13-16H2,(H,33,35,38)(H,34,36,37). The zero-order valence-corrected chi connectivity index (χ0v) is 21.6. The Bertz CT molecular complexity index is 1440. The SMILES string of the molecule is O=C(Nc1cc(-c2cc(OCCC3CCOCC3)ccc2C(F)(F)F)ccn1)c1n[nH]c(Cc2ccccc2)n1. The summed E-state index contributed by atoms with van der Waals surface area (Å²) < 4.78 is 52.9. The van der Waals surface area contributed by atoms with E-state index in [1.165, 1.54) is 30.5 Å². The molecule has 4 aromatic rings. The number of carbonyl (C=O) groups excluding carboxylic acids is 1. The summed E-state index contributed by atoms with van der Waals surface area (Å²) in [6, 6.07) is 16.1. The molecule has 5 rings (SSSR count). The van der Waals surface area contributed by atoms with Crippen LogP contribution >= 0.6 is 0 Å². The number of aromatic amines is 1. The van der Waals surface area contributed by atoms with Crippen molar-refractivity contribution >= 4 is 11.7 Å². The highest BCUT2D eigenvalue weighted by atomic mass is 19.4. The number of carbonyl (C=O) groups is 1. The van der Waals surface area contributed by atoms with Crippen LogP contribution in [0.1, 0.15) is 46.8 Å². The normalized spacial score (nSPS) is 14.2. The molecule has 0 aliphatic carbocycles. The number of rotatable bonds is 9. The minimum atomic E-state index is -4.59. The average Bonchev–Trinajstić information content (AvgIpc) is 3.42. The third-order valence-electron chi connectivity index (χ3n) is 6.69. The highest BCUT2D eigenvalue weighted by molar-refractivity contribution is 6.01. The molecule has 1 saturated heterocycles. The summed E-state index contributed by atoms with van der Waals surface area (Å²) in [6.45, 7) is 1.85. The lowest BCUT2D eigenvalue weighted by Crippen LogP contribution is -2.17. The molecule has 2 aromatic heterocycles. The highest BCUT2D eigenvalue weighted by Gasteiger charge is 2.34. The van der Waals surface area contributed by atoms with E-state index in [2.05, 4.69) is 25.5 Å². The Morgan fingerprint density at radius 1 is 1.07 bits per heavy atom. The number of hydrogen-bond acceptors (Lipinski definition) is 6. The summed E-state index contributed by atoms with van der Waals surface area (Å²) >= 11 is 0. The van der Waals surface area contributed by atoms with Gasteiger partial charge in [0.25, 0.3) is 5.91 Å². The predicted molar refractivity (Wildman–Crippen MR) is 142 cm³/mol. The van der Waals surface area contributed by atoms with Gasteiger partial charge in [0, 0.05) is 25.8 Å². The van der Waals surface area contributed by atoms with Crippen molar-refractivity contribution in [3.63, 3.8) is 0 Å². The molecule has 1 aliphatic heterocycles. The first kappa shape index (κ1) is 27.3. The molecule has 1 amide bonds. The molecule has 0 radical (unpaired) electrons. The second-order valence-electron chi connectivity index (χ2n) is 9.55. The molecule has 208 valence electrons. The van der Waals surface area contributed by atoms with Crippen molar-refractivity contribution in [2.24, 2.45) is 5.92 Å². The van der Waals surface area contributed by atoms with Crippen LogP contribution in [0.25, 0.3) is 11.1 Å². The molecule has 8 nitrogen and oxygen atoms in total. The monoisotopic (exact) mass is 551 g/mol. The van der Waals surface area contributed by atoms with Crippen molar-refractivity contribution in [1.82, 2.24) is 20.2 Å². The van der Waals surface area contributed by atoms with Gasteiger partial charge in [0.1, 0.15) is 17.4 Å². The summed E-state index contributed by atoms with van der Waals surface area (Å²) in [4.78, 5) is 21.1. The number of nitrogens with zero attached hydrogens (tertiary/aromatic N) is 3. The summed E-state index contributed by atoms with van der Waals surface area (Å²) in [6.07, 6.45) is -0.0775. The first-order valence-electron chi connectivity index (χ1n) is 13.0. The molecule has 0 atom stereocenters. The van der Waals surface area contributed by atoms with E-state index in [9.17, 15) is 18.0 Å². The molecule has 0 bridgehead atoms. The summed E-state index contributed by atoms with van der Waals surface area (Å²) in [5.41, 5.74) is 0.340. The van der Waals surface area contributed by atoms with Gasteiger partial charge in [-0.25, -0.2) is 9.97 Å². The molecule has 40 heavy (non-hydrogen) atoms. The number of H-pyrrole nitrogens is 1. The van der Waals surface area contributed by atoms with Crippen LogP contribution in [0.15, 0.2) is 66.9 Å². The van der Waals surface area contributed by atoms with E-state index in [0.717, 1.165) is 44.1 Å². The van der Waals surface area contributed by atoms with E-state index in [0.29, 0.717) is 30.5 Å². The maximum absolute atomic E-state index is 13.9. The number of pyridine rings is 1. The molecule has 11 heteroatoms. The number of benzene rings is 2. The Morgan fingerprint density at radius 3 is 2.65 bits per heavy atom. The fourth-order valence-corrected chi connectivity index (χ4v) is 4.58. The van der Waals surface area contributed by atoms with E-state index < -0.39 is 17.6 Å². The fourth-order valence-electron chi connectivity index (χ4n) is 4.58. The Morgan fingerprint density at radius 2 is 1.88 bits per heavy atom. The van der Waals surface area contributed by atoms with Crippen molar-refractivity contribution in [1.29, 1.82) is 0 Å². The average molecular weight is 552 g/mol. The molecule has 1 fully saturated rings. The van der Waals surface area contributed by atoms with Crippen molar-refractivity contribution < 1.29 is 27.4 Å². The highest BCUT2D eigenvalue weighted by Crippen LogP contribution is 2.39. The van der Waals surface area contributed by atoms with Gasteiger partial charge in [-0.05, 0) is 72.2 Å². The fraction of sp³-hybridized carbons (Fsp3) is 0.310. The zero-order valence-electron chi connectivity index (χ0n) is 21.6. The first-order chi connectivity index (χ1) is 19.3. The molecule has 0 saturated carbocycles. The Labute approximate surface area is 229 Å². The molecular formula is C29H28F3N5O3. The lowest BCUT2D eigenvalue weighted by Gasteiger charge is -2.22. The Hall–Kier alpha value is -4.25. The summed E-state index contributed by atoms with van der Waals surface area (Å²) in [7, 11) is 0. The van der Waals surface area contributed by atoms with Crippen LogP contribution in [0.3, 0.4) is 0 Å². The lowest BCUT2D eigenvalue weighted by atomic mass is 9.97. The van der Waals surface area contributed by atoms with E-state index in [4.69, 9.17) is 9.47 Å². The lowest BCUT2D eigenvalue weighted by molar-refractivity contribution is -0.137. The van der Waals surface area contributed by atoms with E-state index in [-0.39, 0.29) is 22.8 Å². The van der Waals surface area contributed by atoms with Crippen LogP contribution in [0.4, 0.5) is 19.0 Å². The van der Waals surface area contributed by atoms with Crippen LogP contribution in [-0.2, 0) is 17.3 Å². The third kappa shape index (κ3) is 7.03. The van der Waals surface area contributed by atoms with Crippen LogP contribution in [0, 0.1) is 5.92 Å². The largest absolute Gasteiger partial charge is 0.494 e. The second-order valence-corrected chi connectivity index (χ2v) is 9.55. The topological polar surface area (TPSA) is 102 Å². The number of halogens is 3. The minimum Gasteiger partial charge on any atom is -0.494 e. The van der Waals surface area contributed by atoms with Crippen LogP contribution < -0.4 is 10.1 Å². The Kier molecular flexibility index (Phi) is 8.40. The van der Waals surface area contributed by atoms with E-state index >= 15 is 0 Å². The van der Waals surface area contributed by atoms with Gasteiger partial charge in [-0.2, -0.15) is 13.2 Å². The third-order valence-corrected chi connectivity index (χ3v) is 6.69. The number of alkyl halides is 3. The smallest absolute Gasteiger partial charge is 0.417 e. The maximum atomic E-state index is 13.9. The number of anilines is 1. The molecule has 1 aliphatic rings. The predicted octanol–water partition coefficient (Wildman–Crippen LogP) is 5.92. The van der Waals surface area contributed by atoms with E-state index in [1.807, 2.05) is 30.3 Å². The zero-order chi connectivity index (χ0) is 28.0. The molecule has 2 N–H and O–H groups in total. The second kappa shape index (κ2) is 12.3. The van der Waals surface area contributed by atoms with Crippen LogP contribution in [0.2, 0.25) is 0 Å². The number of aromatic nitrogens is 4. The van der Waals surface area contributed by atoms with E-state index in [1.54, 1.807) is 0 Å². The van der Waals surface area contributed by atoms with Crippen molar-refractivity contribution in [2.45, 2.75) is 31.9 Å². The van der Waals surface area contributed by atoms with Gasteiger partial charge >= 0.3 is 6.18 Å². The van der Waals surface area contributed by atoms with Crippen LogP contribution in [0.5, 0.6) is 5.75 Å². The minimum absolute atomic E-state index is 0.0656. The van der Waals surface area contributed by atoms with Gasteiger partial charge in [-0.15, -0.1) is 5.10 Å². The quantitative estimate of drug-likeness (QED) is 0.268. The van der Waals surface area contributed by atoms with Gasteiger partial charge in [-0.1, -0.05) is 30.3 Å². The Balaban J connectivity index is 1.30. The van der Waals surface area contributed by atoms with Gasteiger partial charge in [-0.3, -0.25) is 9.89 Å². The first-order valence-corrected chi connectivity index (χ1v) is 13.0. The molecule has 0 unspecified atom stereocenters. The number of hydrogen-bond donors (Lipinski definition) is 2. The van der Waals surface area contributed by atoms with Crippen LogP contribution in [-0.4, -0.2) is 45.9 Å². The summed E-state index contributed by atoms with van der Waals surface area (Å²) in [5.74, 6) is 0.643. The number of nitrogens with one attached hydrogen (secondary N) is 2. The number of ether oxygens (including phenoxy) is 2. The van der Waals surface area contributed by atoms with Gasteiger partial charge in [0.15, 0.2) is 0 Å². The van der Waals surface area contributed by atoms with Gasteiger partial charge in [0.05, 0.1) is 12.2 Å². The molecule has 2 aromatic carbocycles. The molecule has 3 heterocycles. The van der Waals surface area contributed by atoms with Gasteiger partial charge < -0.3 is 14.8 Å². The summed E-state index contributed by atoms with van der Waals surface area (Å²) in [5, 5.41) is 9.27. The van der Waals surface area contributed by atoms with Crippen molar-refractivity contribution in [2.75, 3.05) is 25.1 Å². The van der Waals surface area contributed by atoms with Crippen molar-refractivity contribution in [3.8, 4) is 16.9 Å².